The Kier molecular flexibility index (Phi) is 13.6. The number of hydrogen-bond acceptors (Lipinski definition) is 8. The molecule has 0 aliphatic carbocycles. The van der Waals surface area contributed by atoms with Crippen molar-refractivity contribution >= 4 is 54.9 Å². The molecule has 1 aromatic heterocycles. The third-order valence-corrected chi connectivity index (χ3v) is 14.3. The van der Waals surface area contributed by atoms with Crippen molar-refractivity contribution < 1.29 is 28.7 Å². The van der Waals surface area contributed by atoms with Crippen LogP contribution in [-0.4, -0.2) is 103 Å². The fraction of sp³-hybridized carbons (Fsp3) is 0.435. The number of benzene rings is 3. The van der Waals surface area contributed by atoms with Crippen LogP contribution in [-0.2, 0) is 19.1 Å². The van der Waals surface area contributed by atoms with Gasteiger partial charge in [0.25, 0.3) is 0 Å². The van der Waals surface area contributed by atoms with Crippen LogP contribution in [0, 0.1) is 11.8 Å². The number of aromatic nitrogens is 2. The number of aliphatic imine (C=N–C) groups is 1. The summed E-state index contributed by atoms with van der Waals surface area (Å²) in [5.74, 6) is 0.346. The maximum atomic E-state index is 13.9. The number of amides is 4. The van der Waals surface area contributed by atoms with Gasteiger partial charge in [-0.15, -0.1) is 0 Å². The van der Waals surface area contributed by atoms with Gasteiger partial charge in [0.2, 0.25) is 11.8 Å². The molecule has 0 radical (unpaired) electrons. The molecule has 6 rings (SSSR count). The van der Waals surface area contributed by atoms with E-state index in [0.717, 1.165) is 69.3 Å². The van der Waals surface area contributed by atoms with Crippen molar-refractivity contribution in [3.8, 4) is 22.3 Å². The van der Waals surface area contributed by atoms with Crippen LogP contribution in [0.1, 0.15) is 64.9 Å². The highest BCUT2D eigenvalue weighted by Gasteiger charge is 2.46. The summed E-state index contributed by atoms with van der Waals surface area (Å²) in [5.41, 5.74) is 7.93. The van der Waals surface area contributed by atoms with Gasteiger partial charge in [-0.25, -0.2) is 14.6 Å². The second-order valence-corrected chi connectivity index (χ2v) is 22.4. The lowest BCUT2D eigenvalue weighted by Gasteiger charge is -2.30. The van der Waals surface area contributed by atoms with Gasteiger partial charge in [0.15, 0.2) is 0 Å². The highest BCUT2D eigenvalue weighted by molar-refractivity contribution is 6.78. The summed E-state index contributed by atoms with van der Waals surface area (Å²) >= 11 is 0. The fourth-order valence-corrected chi connectivity index (χ4v) is 11.2. The van der Waals surface area contributed by atoms with Gasteiger partial charge in [0.05, 0.1) is 45.4 Å². The van der Waals surface area contributed by atoms with E-state index in [4.69, 9.17) is 19.5 Å². The lowest BCUT2D eigenvalue weighted by Crippen LogP contribution is -2.53. The fourth-order valence-electron chi connectivity index (χ4n) is 8.30. The predicted molar refractivity (Wildman–Crippen MR) is 239 cm³/mol. The van der Waals surface area contributed by atoms with Crippen LogP contribution in [0.2, 0.25) is 19.1 Å². The number of carbonyl (C=O) groups is 4. The molecule has 2 saturated heterocycles. The summed E-state index contributed by atoms with van der Waals surface area (Å²) in [6.45, 7) is 14.8. The van der Waals surface area contributed by atoms with E-state index in [1.165, 1.54) is 14.2 Å². The first-order valence-corrected chi connectivity index (χ1v) is 24.2. The minimum atomic E-state index is -1.75. The number of rotatable bonds is 12. The lowest BCUT2D eigenvalue weighted by atomic mass is 9.99. The minimum absolute atomic E-state index is 0.0863. The Labute approximate surface area is 354 Å². The van der Waals surface area contributed by atoms with Gasteiger partial charge in [0.1, 0.15) is 17.9 Å². The molecule has 0 bridgehead atoms. The predicted octanol–water partition coefficient (Wildman–Crippen LogP) is 8.21. The zero-order chi connectivity index (χ0) is 43.3. The molecule has 60 heavy (non-hydrogen) atoms. The number of fused-ring (bicyclic) bond motifs is 1. The number of alkyl carbamates (subject to hydrolysis) is 2. The van der Waals surface area contributed by atoms with Crippen molar-refractivity contribution in [2.24, 2.45) is 16.8 Å². The van der Waals surface area contributed by atoms with E-state index in [0.29, 0.717) is 12.7 Å². The standard InChI is InChI=1S/C46H59N7O6Si/c1-28(2)40(50-45(56)58-6)43(54)52-24-10-11-38(52)30(5)47-23-22-31-12-14-32(15-13-31)33-16-18-34(19-17-33)35-20-21-36-37(25-35)49-42(48-36)39-26-60(8,9)27-53(39)44(55)41(29(3)4)51-46(57)59-7/h12-23,25,28-29,38-41H,10-11,24,26-27H2,1-9H3,(H,48,49)(H,50,56)(H,51,57)/b23-22+,47-30?/t38-,39-,40-,41-/m0/s1. The highest BCUT2D eigenvalue weighted by atomic mass is 28.3. The molecule has 3 heterocycles. The molecular weight excluding hydrogens is 775 g/mol. The number of hydrogen-bond donors (Lipinski definition) is 3. The molecule has 2 aliphatic heterocycles. The third kappa shape index (κ3) is 9.98. The van der Waals surface area contributed by atoms with Crippen LogP contribution >= 0.6 is 0 Å². The summed E-state index contributed by atoms with van der Waals surface area (Å²) in [7, 11) is 0.847. The van der Waals surface area contributed by atoms with Gasteiger partial charge in [-0.1, -0.05) is 95.4 Å². The molecule has 318 valence electrons. The zero-order valence-electron chi connectivity index (χ0n) is 36.2. The summed E-state index contributed by atoms with van der Waals surface area (Å²) in [4.78, 5) is 68.3. The highest BCUT2D eigenvalue weighted by Crippen LogP contribution is 2.38. The van der Waals surface area contributed by atoms with Crippen LogP contribution in [0.3, 0.4) is 0 Å². The number of carbonyl (C=O) groups excluding carboxylic acids is 4. The first-order valence-electron chi connectivity index (χ1n) is 20.8. The number of likely N-dealkylation sites (tertiary alicyclic amines) is 1. The van der Waals surface area contributed by atoms with Crippen LogP contribution in [0.25, 0.3) is 39.4 Å². The molecule has 0 spiro atoms. The maximum absolute atomic E-state index is 13.9. The topological polar surface area (TPSA) is 158 Å². The van der Waals surface area contributed by atoms with Crippen LogP contribution in [0.4, 0.5) is 9.59 Å². The van der Waals surface area contributed by atoms with E-state index in [-0.39, 0.29) is 35.7 Å². The Hall–Kier alpha value is -5.76. The quantitative estimate of drug-likeness (QED) is 0.0959. The van der Waals surface area contributed by atoms with Gasteiger partial charge < -0.3 is 34.9 Å². The number of nitrogens with one attached hydrogen (secondary N) is 3. The number of nitrogens with zero attached hydrogens (tertiary/aromatic N) is 4. The largest absolute Gasteiger partial charge is 0.453 e. The van der Waals surface area contributed by atoms with E-state index in [2.05, 4.69) is 89.4 Å². The molecule has 4 atom stereocenters. The molecule has 0 saturated carbocycles. The van der Waals surface area contributed by atoms with Crippen molar-refractivity contribution in [2.75, 3.05) is 26.9 Å². The number of H-pyrrole nitrogens is 1. The van der Waals surface area contributed by atoms with Gasteiger partial charge in [-0.3, -0.25) is 14.6 Å². The molecule has 2 aliphatic rings. The number of aromatic amines is 1. The van der Waals surface area contributed by atoms with Gasteiger partial charge in [0, 0.05) is 24.6 Å². The first kappa shape index (κ1) is 43.8. The van der Waals surface area contributed by atoms with E-state index < -0.39 is 32.3 Å². The Morgan fingerprint density at radius 2 is 1.35 bits per heavy atom. The molecule has 4 aromatic rings. The summed E-state index contributed by atoms with van der Waals surface area (Å²) < 4.78 is 9.57. The summed E-state index contributed by atoms with van der Waals surface area (Å²) in [5, 5.41) is 5.44. The first-order chi connectivity index (χ1) is 28.6. The van der Waals surface area contributed by atoms with Crippen LogP contribution in [0.5, 0.6) is 0 Å². The molecule has 4 amide bonds. The van der Waals surface area contributed by atoms with Crippen molar-refractivity contribution in [3.05, 3.63) is 84.3 Å². The Balaban J connectivity index is 1.11. The Morgan fingerprint density at radius 1 is 0.817 bits per heavy atom. The average Bonchev–Trinajstić information content (AvgIpc) is 3.98. The van der Waals surface area contributed by atoms with Crippen molar-refractivity contribution in [3.63, 3.8) is 0 Å². The molecule has 14 heteroatoms. The van der Waals surface area contributed by atoms with E-state index in [1.807, 2.05) is 56.6 Å². The van der Waals surface area contributed by atoms with Crippen molar-refractivity contribution in [1.29, 1.82) is 0 Å². The van der Waals surface area contributed by atoms with E-state index >= 15 is 0 Å². The van der Waals surface area contributed by atoms with Gasteiger partial charge in [-0.2, -0.15) is 0 Å². The normalized spacial score (nSPS) is 18.9. The zero-order valence-corrected chi connectivity index (χ0v) is 37.2. The summed E-state index contributed by atoms with van der Waals surface area (Å²) in [6.07, 6.45) is 4.90. The van der Waals surface area contributed by atoms with E-state index in [1.54, 1.807) is 6.20 Å². The smallest absolute Gasteiger partial charge is 0.407 e. The third-order valence-electron chi connectivity index (χ3n) is 11.6. The molecule has 2 fully saturated rings. The van der Waals surface area contributed by atoms with Gasteiger partial charge >= 0.3 is 12.2 Å². The van der Waals surface area contributed by atoms with Gasteiger partial charge in [-0.05, 0) is 83.7 Å². The molecule has 3 aromatic carbocycles. The van der Waals surface area contributed by atoms with Crippen molar-refractivity contribution in [1.82, 2.24) is 30.4 Å². The molecular formula is C46H59N7O6Si. The van der Waals surface area contributed by atoms with Crippen molar-refractivity contribution in [2.45, 2.75) is 90.8 Å². The second-order valence-electron chi connectivity index (χ2n) is 17.4. The number of ether oxygens (including phenoxy) is 2. The number of imidazole rings is 1. The Morgan fingerprint density at radius 3 is 1.92 bits per heavy atom. The second kappa shape index (κ2) is 18.7. The maximum Gasteiger partial charge on any atom is 0.407 e. The molecule has 3 N–H and O–H groups in total. The van der Waals surface area contributed by atoms with Crippen LogP contribution < -0.4 is 10.6 Å². The Bertz CT molecular complexity index is 2250. The SMILES string of the molecule is COC(=O)N[C@H](C(=O)N1CCC[C@H]1C(C)=N/C=C/c1ccc(-c2ccc(-c3ccc4nc([C@@H]5C[Si](C)(C)CN5C(=O)[C@@H](NC(=O)OC)C(C)C)[nH]c4c3)cc2)cc1)C(C)C. The number of methoxy groups -OCH3 is 2. The monoisotopic (exact) mass is 833 g/mol. The molecule has 0 unspecified atom stereocenters. The average molecular weight is 834 g/mol. The minimum Gasteiger partial charge on any atom is -0.453 e. The lowest BCUT2D eigenvalue weighted by molar-refractivity contribution is -0.135. The van der Waals surface area contributed by atoms with E-state index in [9.17, 15) is 19.2 Å². The van der Waals surface area contributed by atoms with Crippen LogP contribution in [0.15, 0.2) is 77.9 Å². The summed E-state index contributed by atoms with van der Waals surface area (Å²) in [6, 6.07) is 22.2. The molecule has 13 nitrogen and oxygen atoms in total.